The zero-order valence-electron chi connectivity index (χ0n) is 38.2. The number of hydrogen-bond donors (Lipinski definition) is 2. The Labute approximate surface area is 400 Å². The van der Waals surface area contributed by atoms with Gasteiger partial charge in [0.25, 0.3) is 11.6 Å². The van der Waals surface area contributed by atoms with Crippen LogP contribution < -0.4 is 9.47 Å². The Balaban J connectivity index is 1.36. The fourth-order valence-corrected chi connectivity index (χ4v) is 10.2. The van der Waals surface area contributed by atoms with E-state index in [2.05, 4.69) is 18.7 Å². The highest BCUT2D eigenvalue weighted by Crippen LogP contribution is 2.62. The summed E-state index contributed by atoms with van der Waals surface area (Å²) in [6.45, 7) is 4.28. The van der Waals surface area contributed by atoms with Gasteiger partial charge in [0.15, 0.2) is 0 Å². The summed E-state index contributed by atoms with van der Waals surface area (Å²) in [6.07, 6.45) is 8.01. The molecule has 2 N–H and O–H groups in total. The van der Waals surface area contributed by atoms with Crippen molar-refractivity contribution in [2.45, 2.75) is 75.8 Å². The number of nitro groups is 1. The summed E-state index contributed by atoms with van der Waals surface area (Å²) in [5.74, 6) is -2.48. The second kappa shape index (κ2) is 22.3. The molecule has 0 aromatic heterocycles. The van der Waals surface area contributed by atoms with Crippen molar-refractivity contribution in [3.05, 3.63) is 189 Å². The predicted molar refractivity (Wildman–Crippen MR) is 257 cm³/mol. The molecule has 1 heterocycles. The van der Waals surface area contributed by atoms with Gasteiger partial charge in [0, 0.05) is 49.3 Å². The first-order valence-corrected chi connectivity index (χ1v) is 23.4. The first kappa shape index (κ1) is 48.3. The maximum Gasteiger partial charge on any atom is 0.273 e. The lowest BCUT2D eigenvalue weighted by Gasteiger charge is -2.60. The smallest absolute Gasteiger partial charge is 0.273 e. The average Bonchev–Trinajstić information content (AvgIpc) is 3.37. The molecule has 0 radical (unpaired) electrons. The summed E-state index contributed by atoms with van der Waals surface area (Å²) in [5, 5.41) is 46.4. The first-order valence-electron chi connectivity index (χ1n) is 23.4. The third-order valence-electron chi connectivity index (χ3n) is 13.3. The number of non-ortho nitro benzene ring substituents is 1. The Morgan fingerprint density at radius 3 is 2.38 bits per heavy atom. The number of fused-ring (bicyclic) bond motifs is 2. The number of oxime groups is 1. The van der Waals surface area contributed by atoms with Crippen molar-refractivity contribution in [2.75, 3.05) is 19.8 Å². The summed E-state index contributed by atoms with van der Waals surface area (Å²) < 4.78 is 35.4. The van der Waals surface area contributed by atoms with Crippen molar-refractivity contribution >= 4 is 17.3 Å². The number of nitrogens with zero attached hydrogens (tertiary/aromatic N) is 4. The Morgan fingerprint density at radius 1 is 0.928 bits per heavy atom. The van der Waals surface area contributed by atoms with Gasteiger partial charge in [0.05, 0.1) is 40.9 Å². The number of carbonyl (C=O) groups is 1. The summed E-state index contributed by atoms with van der Waals surface area (Å²) in [6, 6.07) is 34.6. The van der Waals surface area contributed by atoms with Crippen molar-refractivity contribution in [3.63, 3.8) is 0 Å². The molecule has 14 heteroatoms. The number of unbranched alkanes of at least 4 members (excludes halogenated alkanes) is 2. The zero-order chi connectivity index (χ0) is 48.3. The monoisotopic (exact) mass is 934 g/mol. The highest BCUT2D eigenvalue weighted by atomic mass is 19.1. The largest absolute Gasteiger partial charge is 0.459 e. The average molecular weight is 935 g/mol. The number of halogens is 1. The lowest BCUT2D eigenvalue weighted by Crippen LogP contribution is -2.70. The predicted octanol–water partition coefficient (Wildman–Crippen LogP) is 10.6. The van der Waals surface area contributed by atoms with Crippen LogP contribution in [0.1, 0.15) is 83.5 Å². The molecule has 2 aliphatic carbocycles. The number of aliphatic hydroxyl groups excluding tert-OH is 2. The van der Waals surface area contributed by atoms with Gasteiger partial charge in [0.2, 0.25) is 5.79 Å². The van der Waals surface area contributed by atoms with Gasteiger partial charge in [-0.2, -0.15) is 5.26 Å². The van der Waals surface area contributed by atoms with Gasteiger partial charge in [-0.05, 0) is 115 Å². The molecule has 0 unspecified atom stereocenters. The van der Waals surface area contributed by atoms with Gasteiger partial charge in [-0.15, -0.1) is 6.58 Å². The molecule has 5 aromatic carbocycles. The molecule has 8 rings (SSSR count). The third kappa shape index (κ3) is 10.8. The van der Waals surface area contributed by atoms with Crippen molar-refractivity contribution in [3.8, 4) is 23.3 Å². The van der Waals surface area contributed by atoms with Gasteiger partial charge in [-0.1, -0.05) is 78.7 Å². The number of carbonyl (C=O) groups excluding carboxylic acids is 1. The van der Waals surface area contributed by atoms with Crippen LogP contribution in [0.15, 0.2) is 151 Å². The zero-order valence-corrected chi connectivity index (χ0v) is 38.2. The maximum atomic E-state index is 15.4. The van der Waals surface area contributed by atoms with Crippen LogP contribution >= 0.6 is 0 Å². The highest BCUT2D eigenvalue weighted by molar-refractivity contribution is 6.03. The van der Waals surface area contributed by atoms with Crippen LogP contribution in [-0.4, -0.2) is 63.3 Å². The number of allylic oxidation sites excluding steroid dienone is 1. The molecule has 1 saturated carbocycles. The summed E-state index contributed by atoms with van der Waals surface area (Å²) in [4.78, 5) is 34.6. The quantitative estimate of drug-likeness (QED) is 0.0311. The van der Waals surface area contributed by atoms with Crippen LogP contribution in [0.5, 0.6) is 17.2 Å². The van der Waals surface area contributed by atoms with E-state index in [1.165, 1.54) is 24.3 Å². The second-order valence-corrected chi connectivity index (χ2v) is 17.6. The summed E-state index contributed by atoms with van der Waals surface area (Å²) in [5.41, 5.74) is 4.31. The van der Waals surface area contributed by atoms with Crippen LogP contribution in [0.4, 0.5) is 10.1 Å². The Hall–Kier alpha value is -7.18. The fourth-order valence-electron chi connectivity index (χ4n) is 10.2. The molecule has 3 aliphatic rings. The number of hydrogen-bond acceptors (Lipinski definition) is 11. The molecular formula is C55H55FN4O9. The Morgan fingerprint density at radius 2 is 1.67 bits per heavy atom. The van der Waals surface area contributed by atoms with Crippen molar-refractivity contribution < 1.29 is 43.4 Å². The molecule has 69 heavy (non-hydrogen) atoms. The van der Waals surface area contributed by atoms with E-state index < -0.39 is 40.3 Å². The molecular weight excluding hydrogens is 880 g/mol. The van der Waals surface area contributed by atoms with E-state index in [9.17, 15) is 30.0 Å². The van der Waals surface area contributed by atoms with Crippen LogP contribution in [0.3, 0.4) is 0 Å². The molecule has 0 saturated heterocycles. The van der Waals surface area contributed by atoms with E-state index in [-0.39, 0.29) is 62.7 Å². The lowest BCUT2D eigenvalue weighted by molar-refractivity contribution is -0.384. The van der Waals surface area contributed by atoms with Gasteiger partial charge in [-0.3, -0.25) is 14.9 Å². The number of benzene rings is 5. The van der Waals surface area contributed by atoms with Crippen molar-refractivity contribution in [1.82, 2.24) is 4.90 Å². The van der Waals surface area contributed by atoms with E-state index in [0.717, 1.165) is 29.5 Å². The highest BCUT2D eigenvalue weighted by Gasteiger charge is 2.65. The van der Waals surface area contributed by atoms with Crippen molar-refractivity contribution in [2.24, 2.45) is 22.9 Å². The van der Waals surface area contributed by atoms with E-state index in [0.29, 0.717) is 59.6 Å². The summed E-state index contributed by atoms with van der Waals surface area (Å²) >= 11 is 0. The molecule has 1 amide bonds. The van der Waals surface area contributed by atoms with Crippen LogP contribution in [0, 0.1) is 45.0 Å². The van der Waals surface area contributed by atoms with Crippen molar-refractivity contribution in [1.29, 1.82) is 5.26 Å². The van der Waals surface area contributed by atoms with E-state index in [1.807, 2.05) is 36.4 Å². The topological polar surface area (TPSA) is 177 Å². The van der Waals surface area contributed by atoms with Crippen LogP contribution in [-0.2, 0) is 22.7 Å². The number of aliphatic hydroxyl groups is 2. The number of rotatable bonds is 21. The Kier molecular flexibility index (Phi) is 15.6. The third-order valence-corrected chi connectivity index (χ3v) is 13.3. The molecule has 356 valence electrons. The van der Waals surface area contributed by atoms with Gasteiger partial charge >= 0.3 is 0 Å². The SMILES string of the molecule is C=CCO[C@@]12Oc3ccc(Oc4cccc([N+](=O)[O-])c4)cc3[C@H]3[C@H](CCCCO)[C@@H](CCCCO)C=C(C(=NOCc4ccccc4)C[C@@H]1N(Cc1ccc(F)cc1)C(=O)c1ccc(C#N)cc1)[C@H]32. The molecule has 13 nitrogen and oxygen atoms in total. The number of nitriles is 1. The second-order valence-electron chi connectivity index (χ2n) is 17.6. The number of amides is 1. The maximum absolute atomic E-state index is 15.4. The minimum absolute atomic E-state index is 0.00743. The van der Waals surface area contributed by atoms with E-state index >= 15 is 4.79 Å². The van der Waals surface area contributed by atoms with Gasteiger partial charge in [-0.25, -0.2) is 4.39 Å². The fraction of sp³-hybridized carbons (Fsp3) is 0.327. The standard InChI is InChI=1S/C55H55FN4O9/c1-2-29-66-55-51(59(35-38-19-23-42(56)24-20-38)54(63)40-21-17-37(34-57)18-22-40)33-49(58-67-36-39-11-4-3-5-12-39)47-30-41(13-6-8-27-61)46(16-7-9-28-62)52(53(47)55)48-32-45(25-26-50(48)69-55)68-44-15-10-14-43(31-44)60(64)65/h2-5,10-12,14-15,17-26,30-32,41,46,51-53,61-62H,1,6-9,13,16,27-29,33,35-36H2/t41-,46+,51-,52+,53+,55+/m0/s1. The van der Waals surface area contributed by atoms with Gasteiger partial charge in [0.1, 0.15) is 35.7 Å². The normalized spacial score (nSPS) is 21.7. The number of nitro benzene ring substituents is 1. The lowest BCUT2D eigenvalue weighted by atomic mass is 9.55. The van der Waals surface area contributed by atoms with E-state index in [4.69, 9.17) is 24.2 Å². The summed E-state index contributed by atoms with van der Waals surface area (Å²) in [7, 11) is 0. The molecule has 5 aromatic rings. The minimum atomic E-state index is -1.62. The Bertz CT molecular complexity index is 2710. The molecule has 0 bridgehead atoms. The van der Waals surface area contributed by atoms with Crippen LogP contribution in [0.2, 0.25) is 0 Å². The molecule has 6 atom stereocenters. The van der Waals surface area contributed by atoms with Gasteiger partial charge < -0.3 is 34.2 Å². The van der Waals surface area contributed by atoms with Crippen LogP contribution in [0.25, 0.3) is 0 Å². The molecule has 1 fully saturated rings. The van der Waals surface area contributed by atoms with E-state index in [1.54, 1.807) is 71.6 Å². The number of ether oxygens (including phenoxy) is 3. The molecule has 0 spiro atoms. The molecule has 1 aliphatic heterocycles. The minimum Gasteiger partial charge on any atom is -0.459 e. The first-order chi connectivity index (χ1) is 33.7.